The molecule has 1 saturated heterocycles. The van der Waals surface area contributed by atoms with Gasteiger partial charge in [-0.2, -0.15) is 0 Å². The Balaban J connectivity index is 1.33. The first-order valence-electron chi connectivity index (χ1n) is 10.5. The molecule has 0 radical (unpaired) electrons. The average Bonchev–Trinajstić information content (AvgIpc) is 3.28. The van der Waals surface area contributed by atoms with E-state index in [0.717, 1.165) is 12.1 Å². The molecule has 0 saturated carbocycles. The van der Waals surface area contributed by atoms with Crippen LogP contribution in [-0.4, -0.2) is 59.4 Å². The van der Waals surface area contributed by atoms with Crippen molar-refractivity contribution in [1.82, 2.24) is 14.9 Å². The minimum Gasteiger partial charge on any atom is -0.352 e. The first-order valence-corrected chi connectivity index (χ1v) is 10.5. The van der Waals surface area contributed by atoms with Gasteiger partial charge in [-0.15, -0.1) is 0 Å². The number of benzene rings is 1. The van der Waals surface area contributed by atoms with Crippen molar-refractivity contribution in [2.24, 2.45) is 0 Å². The molecule has 0 N–H and O–H groups in total. The van der Waals surface area contributed by atoms with Gasteiger partial charge in [-0.3, -0.25) is 14.6 Å². The molecular weight excluding hydrogens is 390 g/mol. The van der Waals surface area contributed by atoms with Crippen molar-refractivity contribution >= 4 is 23.3 Å². The number of carbonyl (C=O) groups is 2. The predicted octanol–water partition coefficient (Wildman–Crippen LogP) is 2.64. The lowest BCUT2D eigenvalue weighted by Crippen LogP contribution is -2.49. The smallest absolute Gasteiger partial charge is 0.262 e. The van der Waals surface area contributed by atoms with Crippen molar-refractivity contribution in [3.63, 3.8) is 0 Å². The van der Waals surface area contributed by atoms with E-state index in [4.69, 9.17) is 0 Å². The lowest BCUT2D eigenvalue weighted by Gasteiger charge is -2.36. The molecule has 2 aromatic heterocycles. The summed E-state index contributed by atoms with van der Waals surface area (Å²) in [7, 11) is 0. The summed E-state index contributed by atoms with van der Waals surface area (Å²) < 4.78 is 0. The number of rotatable bonds is 3. The summed E-state index contributed by atoms with van der Waals surface area (Å²) in [5.41, 5.74) is 3.38. The Kier molecular flexibility index (Phi) is 5.08. The van der Waals surface area contributed by atoms with Gasteiger partial charge < -0.3 is 14.7 Å². The number of fused-ring (bicyclic) bond motifs is 1. The molecule has 2 aliphatic heterocycles. The maximum absolute atomic E-state index is 13.4. The molecule has 1 fully saturated rings. The minimum atomic E-state index is -0.0260. The molecule has 1 aromatic carbocycles. The zero-order valence-corrected chi connectivity index (χ0v) is 17.1. The van der Waals surface area contributed by atoms with E-state index >= 15 is 0 Å². The Bertz CT molecular complexity index is 1110. The number of pyridine rings is 2. The van der Waals surface area contributed by atoms with Gasteiger partial charge in [0.25, 0.3) is 11.8 Å². The van der Waals surface area contributed by atoms with Crippen LogP contribution < -0.4 is 9.80 Å². The summed E-state index contributed by atoms with van der Waals surface area (Å²) in [6, 6.07) is 15.3. The van der Waals surface area contributed by atoms with Gasteiger partial charge in [0.05, 0.1) is 11.1 Å². The van der Waals surface area contributed by atoms with E-state index in [1.807, 2.05) is 34.1 Å². The fourth-order valence-electron chi connectivity index (χ4n) is 4.30. The van der Waals surface area contributed by atoms with Crippen LogP contribution in [0.15, 0.2) is 67.1 Å². The molecule has 7 heteroatoms. The summed E-state index contributed by atoms with van der Waals surface area (Å²) in [4.78, 5) is 40.5. The number of nitrogens with zero attached hydrogens (tertiary/aromatic N) is 5. The third-order valence-corrected chi connectivity index (χ3v) is 5.92. The quantitative estimate of drug-likeness (QED) is 0.660. The molecule has 2 amide bonds. The Morgan fingerprint density at radius 2 is 1.61 bits per heavy atom. The Hall–Kier alpha value is -3.74. The van der Waals surface area contributed by atoms with Crippen LogP contribution in [0.1, 0.15) is 26.3 Å². The Labute approximate surface area is 180 Å². The van der Waals surface area contributed by atoms with Crippen molar-refractivity contribution in [2.75, 3.05) is 42.5 Å². The normalized spacial score (nSPS) is 15.7. The Morgan fingerprint density at radius 3 is 2.42 bits per heavy atom. The second-order valence-corrected chi connectivity index (χ2v) is 7.73. The SMILES string of the molecule is O=C(c1cccnc1)N1CCN(c2ncccc2C(=O)N2CCc3ccccc32)CC1. The molecule has 0 bridgehead atoms. The third kappa shape index (κ3) is 3.63. The molecule has 0 atom stereocenters. The highest BCUT2D eigenvalue weighted by molar-refractivity contribution is 6.10. The van der Waals surface area contributed by atoms with Crippen LogP contribution in [0.5, 0.6) is 0 Å². The van der Waals surface area contributed by atoms with Crippen molar-refractivity contribution in [2.45, 2.75) is 6.42 Å². The summed E-state index contributed by atoms with van der Waals surface area (Å²) in [5, 5.41) is 0. The van der Waals surface area contributed by atoms with Gasteiger partial charge in [-0.25, -0.2) is 4.98 Å². The molecule has 3 aromatic rings. The van der Waals surface area contributed by atoms with E-state index in [1.54, 1.807) is 36.8 Å². The van der Waals surface area contributed by atoms with E-state index in [0.29, 0.717) is 49.7 Å². The van der Waals surface area contributed by atoms with Crippen molar-refractivity contribution < 1.29 is 9.59 Å². The van der Waals surface area contributed by atoms with Crippen LogP contribution >= 0.6 is 0 Å². The lowest BCUT2D eigenvalue weighted by molar-refractivity contribution is 0.0745. The molecule has 0 spiro atoms. The van der Waals surface area contributed by atoms with Crippen LogP contribution in [0.3, 0.4) is 0 Å². The van der Waals surface area contributed by atoms with Crippen LogP contribution in [0, 0.1) is 0 Å². The molecular formula is C24H23N5O2. The number of aromatic nitrogens is 2. The third-order valence-electron chi connectivity index (χ3n) is 5.92. The maximum Gasteiger partial charge on any atom is 0.262 e. The number of anilines is 2. The van der Waals surface area contributed by atoms with Gasteiger partial charge in [0.1, 0.15) is 5.82 Å². The fraction of sp³-hybridized carbons (Fsp3) is 0.250. The van der Waals surface area contributed by atoms with E-state index in [-0.39, 0.29) is 11.8 Å². The first-order chi connectivity index (χ1) is 15.2. The Morgan fingerprint density at radius 1 is 0.806 bits per heavy atom. The standard InChI is InChI=1S/C24H23N5O2/c30-23(19-6-3-10-25-17-19)28-15-13-27(14-16-28)22-20(7-4-11-26-22)24(31)29-12-9-18-5-1-2-8-21(18)29/h1-8,10-11,17H,9,12-16H2. The van der Waals surface area contributed by atoms with Gasteiger partial charge in [0, 0.05) is 57.0 Å². The summed E-state index contributed by atoms with van der Waals surface area (Å²) >= 11 is 0. The van der Waals surface area contributed by atoms with Gasteiger partial charge >= 0.3 is 0 Å². The number of piperazine rings is 1. The van der Waals surface area contributed by atoms with Crippen molar-refractivity contribution in [3.8, 4) is 0 Å². The van der Waals surface area contributed by atoms with Gasteiger partial charge in [-0.1, -0.05) is 18.2 Å². The lowest BCUT2D eigenvalue weighted by atomic mass is 10.1. The maximum atomic E-state index is 13.4. The zero-order chi connectivity index (χ0) is 21.2. The number of hydrogen-bond donors (Lipinski definition) is 0. The number of amides is 2. The van der Waals surface area contributed by atoms with Crippen LogP contribution in [0.25, 0.3) is 0 Å². The largest absolute Gasteiger partial charge is 0.352 e. The van der Waals surface area contributed by atoms with E-state index in [2.05, 4.69) is 20.9 Å². The van der Waals surface area contributed by atoms with Gasteiger partial charge in [0.2, 0.25) is 0 Å². The monoisotopic (exact) mass is 413 g/mol. The zero-order valence-electron chi connectivity index (χ0n) is 17.1. The fourth-order valence-corrected chi connectivity index (χ4v) is 4.30. The summed E-state index contributed by atoms with van der Waals surface area (Å²) in [5.74, 6) is 0.644. The van der Waals surface area contributed by atoms with E-state index < -0.39 is 0 Å². The second-order valence-electron chi connectivity index (χ2n) is 7.73. The molecule has 7 nitrogen and oxygen atoms in total. The number of para-hydroxylation sites is 1. The first kappa shape index (κ1) is 19.2. The molecule has 0 aliphatic carbocycles. The molecule has 4 heterocycles. The molecule has 156 valence electrons. The van der Waals surface area contributed by atoms with Crippen LogP contribution in [0.4, 0.5) is 11.5 Å². The predicted molar refractivity (Wildman–Crippen MR) is 118 cm³/mol. The van der Waals surface area contributed by atoms with Gasteiger partial charge in [0.15, 0.2) is 0 Å². The second kappa shape index (κ2) is 8.18. The van der Waals surface area contributed by atoms with E-state index in [9.17, 15) is 9.59 Å². The highest BCUT2D eigenvalue weighted by atomic mass is 16.2. The van der Waals surface area contributed by atoms with E-state index in [1.165, 1.54) is 5.56 Å². The topological polar surface area (TPSA) is 69.6 Å². The average molecular weight is 413 g/mol. The van der Waals surface area contributed by atoms with Crippen LogP contribution in [-0.2, 0) is 6.42 Å². The molecule has 5 rings (SSSR count). The molecule has 2 aliphatic rings. The van der Waals surface area contributed by atoms with Crippen LogP contribution in [0.2, 0.25) is 0 Å². The highest BCUT2D eigenvalue weighted by Crippen LogP contribution is 2.30. The van der Waals surface area contributed by atoms with Crippen molar-refractivity contribution in [3.05, 3.63) is 83.8 Å². The van der Waals surface area contributed by atoms with Gasteiger partial charge in [-0.05, 0) is 42.3 Å². The minimum absolute atomic E-state index is 0.0151. The highest BCUT2D eigenvalue weighted by Gasteiger charge is 2.30. The molecule has 31 heavy (non-hydrogen) atoms. The van der Waals surface area contributed by atoms with Crippen molar-refractivity contribution in [1.29, 1.82) is 0 Å². The summed E-state index contributed by atoms with van der Waals surface area (Å²) in [6.07, 6.45) is 5.84. The number of carbonyl (C=O) groups excluding carboxylic acids is 2. The summed E-state index contributed by atoms with van der Waals surface area (Å²) in [6.45, 7) is 3.08. The molecule has 0 unspecified atom stereocenters. The number of hydrogen-bond acceptors (Lipinski definition) is 5.